The topological polar surface area (TPSA) is 96.3 Å². The highest BCUT2D eigenvalue weighted by Crippen LogP contribution is 2.27. The lowest BCUT2D eigenvalue weighted by Gasteiger charge is -2.28. The van der Waals surface area contributed by atoms with Gasteiger partial charge in [0.05, 0.1) is 12.8 Å². The van der Waals surface area contributed by atoms with Gasteiger partial charge in [-0.05, 0) is 36.6 Å². The van der Waals surface area contributed by atoms with Crippen LogP contribution in [-0.4, -0.2) is 62.2 Å². The fourth-order valence-corrected chi connectivity index (χ4v) is 4.69. The molecule has 9 heteroatoms. The van der Waals surface area contributed by atoms with E-state index in [1.807, 2.05) is 12.1 Å². The third-order valence-electron chi connectivity index (χ3n) is 6.53. The average Bonchev–Trinajstić information content (AvgIpc) is 3.48. The fraction of sp³-hybridized carbons (Fsp3) is 0.417. The van der Waals surface area contributed by atoms with E-state index in [-0.39, 0.29) is 17.4 Å². The Bertz CT molecular complexity index is 1220. The Balaban J connectivity index is 1.29. The van der Waals surface area contributed by atoms with Crippen molar-refractivity contribution in [2.45, 2.75) is 31.8 Å². The van der Waals surface area contributed by atoms with Crippen LogP contribution in [0.3, 0.4) is 0 Å². The number of carbonyl (C=O) groups is 1. The lowest BCUT2D eigenvalue weighted by molar-refractivity contribution is 0.0784. The second-order valence-corrected chi connectivity index (χ2v) is 8.80. The Morgan fingerprint density at radius 1 is 1.21 bits per heavy atom. The van der Waals surface area contributed by atoms with Crippen molar-refractivity contribution in [3.63, 3.8) is 0 Å². The Kier molecular flexibility index (Phi) is 5.72. The van der Waals surface area contributed by atoms with Crippen molar-refractivity contribution < 1.29 is 9.53 Å². The maximum Gasteiger partial charge on any atom is 0.274 e. The number of benzene rings is 1. The van der Waals surface area contributed by atoms with Crippen LogP contribution in [0.15, 0.2) is 41.3 Å². The van der Waals surface area contributed by atoms with Crippen LogP contribution in [0, 0.1) is 0 Å². The molecule has 33 heavy (non-hydrogen) atoms. The van der Waals surface area contributed by atoms with Gasteiger partial charge in [0.1, 0.15) is 17.3 Å². The third-order valence-corrected chi connectivity index (χ3v) is 6.53. The van der Waals surface area contributed by atoms with E-state index in [9.17, 15) is 9.59 Å². The van der Waals surface area contributed by atoms with Crippen molar-refractivity contribution in [2.75, 3.05) is 26.7 Å². The Morgan fingerprint density at radius 2 is 2.03 bits per heavy atom. The van der Waals surface area contributed by atoms with Gasteiger partial charge in [-0.3, -0.25) is 19.2 Å². The van der Waals surface area contributed by atoms with Crippen LogP contribution in [0.1, 0.15) is 45.5 Å². The van der Waals surface area contributed by atoms with Crippen LogP contribution in [-0.2, 0) is 26.6 Å². The van der Waals surface area contributed by atoms with E-state index < -0.39 is 0 Å². The SMILES string of the molecule is COc1ccc(CN2CCc3c(nc(C4CCN(C(=O)c5ccn(C)n5)C4)[nH]c3=O)C2)cc1. The number of hydrogen-bond donors (Lipinski definition) is 1. The summed E-state index contributed by atoms with van der Waals surface area (Å²) in [6.45, 7) is 3.42. The molecule has 2 aliphatic heterocycles. The number of nitrogens with one attached hydrogen (secondary N) is 1. The zero-order chi connectivity index (χ0) is 22.9. The van der Waals surface area contributed by atoms with Gasteiger partial charge in [0.15, 0.2) is 0 Å². The number of methoxy groups -OCH3 is 1. The van der Waals surface area contributed by atoms with Gasteiger partial charge in [0.2, 0.25) is 0 Å². The van der Waals surface area contributed by atoms with Crippen molar-refractivity contribution >= 4 is 5.91 Å². The summed E-state index contributed by atoms with van der Waals surface area (Å²) in [6.07, 6.45) is 3.22. The van der Waals surface area contributed by atoms with E-state index in [0.717, 1.165) is 36.5 Å². The highest BCUT2D eigenvalue weighted by Gasteiger charge is 2.31. The maximum atomic E-state index is 12.8. The summed E-state index contributed by atoms with van der Waals surface area (Å²) in [4.78, 5) is 37.5. The molecule has 172 valence electrons. The molecule has 4 heterocycles. The van der Waals surface area contributed by atoms with Crippen molar-refractivity contribution in [3.05, 3.63) is 75.2 Å². The van der Waals surface area contributed by atoms with E-state index in [0.29, 0.717) is 37.6 Å². The lowest BCUT2D eigenvalue weighted by Crippen LogP contribution is -2.36. The van der Waals surface area contributed by atoms with Gasteiger partial charge in [0, 0.05) is 57.4 Å². The molecule has 1 saturated heterocycles. The van der Waals surface area contributed by atoms with Crippen LogP contribution >= 0.6 is 0 Å². The molecule has 0 aliphatic carbocycles. The zero-order valence-electron chi connectivity index (χ0n) is 19.0. The number of likely N-dealkylation sites (tertiary alicyclic amines) is 1. The monoisotopic (exact) mass is 448 g/mol. The number of fused-ring (bicyclic) bond motifs is 1. The highest BCUT2D eigenvalue weighted by molar-refractivity contribution is 5.92. The number of ether oxygens (including phenoxy) is 1. The van der Waals surface area contributed by atoms with E-state index in [1.165, 1.54) is 5.56 Å². The summed E-state index contributed by atoms with van der Waals surface area (Å²) in [5, 5.41) is 4.22. The van der Waals surface area contributed by atoms with Gasteiger partial charge in [-0.25, -0.2) is 4.98 Å². The quantitative estimate of drug-likeness (QED) is 0.638. The molecule has 1 atom stereocenters. The average molecular weight is 449 g/mol. The predicted molar refractivity (Wildman–Crippen MR) is 122 cm³/mol. The Hall–Kier alpha value is -3.46. The molecule has 1 N–H and O–H groups in total. The number of rotatable bonds is 5. The first-order valence-corrected chi connectivity index (χ1v) is 11.3. The minimum atomic E-state index is -0.0796. The Labute approximate surface area is 192 Å². The molecule has 1 unspecified atom stereocenters. The molecule has 0 spiro atoms. The number of carbonyl (C=O) groups excluding carboxylic acids is 1. The van der Waals surface area contributed by atoms with Gasteiger partial charge < -0.3 is 14.6 Å². The highest BCUT2D eigenvalue weighted by atomic mass is 16.5. The van der Waals surface area contributed by atoms with Gasteiger partial charge in [-0.1, -0.05) is 12.1 Å². The standard InChI is InChI=1S/C24H28N6O3/c1-28-10-9-20(27-28)24(32)30-12-7-17(14-30)22-25-21-15-29(11-8-19(21)23(31)26-22)13-16-3-5-18(33-2)6-4-16/h3-6,9-10,17H,7-8,11-15H2,1-2H3,(H,25,26,31). The van der Waals surface area contributed by atoms with Gasteiger partial charge in [0.25, 0.3) is 11.5 Å². The first-order valence-electron chi connectivity index (χ1n) is 11.3. The fourth-order valence-electron chi connectivity index (χ4n) is 4.69. The largest absolute Gasteiger partial charge is 0.497 e. The molecule has 2 aromatic heterocycles. The summed E-state index contributed by atoms with van der Waals surface area (Å²) in [7, 11) is 3.46. The second-order valence-electron chi connectivity index (χ2n) is 8.80. The lowest BCUT2D eigenvalue weighted by atomic mass is 10.0. The van der Waals surface area contributed by atoms with Crippen LogP contribution < -0.4 is 10.3 Å². The van der Waals surface area contributed by atoms with Gasteiger partial charge >= 0.3 is 0 Å². The normalized spacial score (nSPS) is 18.4. The smallest absolute Gasteiger partial charge is 0.274 e. The van der Waals surface area contributed by atoms with E-state index >= 15 is 0 Å². The van der Waals surface area contributed by atoms with Gasteiger partial charge in [-0.2, -0.15) is 5.10 Å². The zero-order valence-corrected chi connectivity index (χ0v) is 19.0. The first kappa shape index (κ1) is 21.4. The number of nitrogens with zero attached hydrogens (tertiary/aromatic N) is 5. The molecule has 1 amide bonds. The maximum absolute atomic E-state index is 12.8. The van der Waals surface area contributed by atoms with Crippen molar-refractivity contribution in [3.8, 4) is 5.75 Å². The number of hydrogen-bond acceptors (Lipinski definition) is 6. The summed E-state index contributed by atoms with van der Waals surface area (Å²) in [5.74, 6) is 1.46. The van der Waals surface area contributed by atoms with E-state index in [1.54, 1.807) is 36.0 Å². The molecular weight excluding hydrogens is 420 g/mol. The number of H-pyrrole nitrogens is 1. The summed E-state index contributed by atoms with van der Waals surface area (Å²) < 4.78 is 6.86. The molecule has 3 aromatic rings. The number of amides is 1. The molecule has 1 fully saturated rings. The van der Waals surface area contributed by atoms with Gasteiger partial charge in [-0.15, -0.1) is 0 Å². The van der Waals surface area contributed by atoms with Crippen molar-refractivity contribution in [2.24, 2.45) is 7.05 Å². The molecular formula is C24H28N6O3. The molecule has 2 aliphatic rings. The summed E-state index contributed by atoms with van der Waals surface area (Å²) >= 11 is 0. The van der Waals surface area contributed by atoms with Crippen LogP contribution in [0.5, 0.6) is 5.75 Å². The molecule has 9 nitrogen and oxygen atoms in total. The molecule has 0 radical (unpaired) electrons. The van der Waals surface area contributed by atoms with Crippen LogP contribution in [0.2, 0.25) is 0 Å². The molecule has 5 rings (SSSR count). The summed E-state index contributed by atoms with van der Waals surface area (Å²) in [6, 6.07) is 9.79. The van der Waals surface area contributed by atoms with Crippen molar-refractivity contribution in [1.29, 1.82) is 0 Å². The minimum Gasteiger partial charge on any atom is -0.497 e. The van der Waals surface area contributed by atoms with Crippen LogP contribution in [0.25, 0.3) is 0 Å². The number of aryl methyl sites for hydroxylation is 1. The summed E-state index contributed by atoms with van der Waals surface area (Å²) in [5.41, 5.74) is 3.23. The second kappa shape index (κ2) is 8.82. The van der Waals surface area contributed by atoms with Crippen LogP contribution in [0.4, 0.5) is 0 Å². The minimum absolute atomic E-state index is 0.0210. The van der Waals surface area contributed by atoms with E-state index in [4.69, 9.17) is 9.72 Å². The molecule has 0 saturated carbocycles. The Morgan fingerprint density at radius 3 is 2.76 bits per heavy atom. The third kappa shape index (κ3) is 4.41. The predicted octanol–water partition coefficient (Wildman–Crippen LogP) is 1.70. The first-order chi connectivity index (χ1) is 16.0. The van der Waals surface area contributed by atoms with E-state index in [2.05, 4.69) is 27.1 Å². The van der Waals surface area contributed by atoms with Crippen molar-refractivity contribution in [1.82, 2.24) is 29.5 Å². The number of aromatic nitrogens is 4. The molecule has 0 bridgehead atoms. The number of aromatic amines is 1. The molecule has 1 aromatic carbocycles.